The maximum absolute atomic E-state index is 13.4. The lowest BCUT2D eigenvalue weighted by molar-refractivity contribution is 0.0939. The minimum atomic E-state index is -3.83. The van der Waals surface area contributed by atoms with Crippen LogP contribution in [0.3, 0.4) is 0 Å². The van der Waals surface area contributed by atoms with Crippen LogP contribution in [-0.4, -0.2) is 27.5 Å². The van der Waals surface area contributed by atoms with Gasteiger partial charge in [-0.05, 0) is 55.7 Å². The summed E-state index contributed by atoms with van der Waals surface area (Å²) in [5.41, 5.74) is 0.482. The van der Waals surface area contributed by atoms with Crippen LogP contribution in [0.1, 0.15) is 41.7 Å². The molecule has 1 saturated carbocycles. The quantitative estimate of drug-likeness (QED) is 0.735. The number of carbonyl (C=O) groups excluding carboxylic acids is 1. The fraction of sp³-hybridized carbons (Fsp3) is 0.316. The number of hydrogen-bond donors (Lipinski definition) is 2. The van der Waals surface area contributed by atoms with Gasteiger partial charge in [-0.15, -0.1) is 0 Å². The van der Waals surface area contributed by atoms with Gasteiger partial charge in [0.2, 0.25) is 10.0 Å². The van der Waals surface area contributed by atoms with E-state index < -0.39 is 33.6 Å². The molecule has 150 valence electrons. The van der Waals surface area contributed by atoms with Gasteiger partial charge in [0, 0.05) is 11.6 Å². The van der Waals surface area contributed by atoms with Gasteiger partial charge in [0.1, 0.15) is 10.6 Å². The molecule has 2 aromatic carbocycles. The van der Waals surface area contributed by atoms with E-state index >= 15 is 0 Å². The molecule has 28 heavy (non-hydrogen) atoms. The Morgan fingerprint density at radius 1 is 1.14 bits per heavy atom. The van der Waals surface area contributed by atoms with Crippen molar-refractivity contribution in [3.8, 4) is 5.75 Å². The van der Waals surface area contributed by atoms with E-state index in [0.717, 1.165) is 25.0 Å². The molecule has 0 spiro atoms. The SMILES string of the molecule is COc1ccc(C(=O)N[C@@H](C)c2ccc(F)c(F)c2)cc1S(=O)(=O)NC1CC1. The van der Waals surface area contributed by atoms with Crippen molar-refractivity contribution in [1.29, 1.82) is 0 Å². The van der Waals surface area contributed by atoms with Crippen molar-refractivity contribution in [3.63, 3.8) is 0 Å². The smallest absolute Gasteiger partial charge is 0.251 e. The molecule has 9 heteroatoms. The van der Waals surface area contributed by atoms with Crippen LogP contribution in [0.15, 0.2) is 41.3 Å². The number of halogens is 2. The summed E-state index contributed by atoms with van der Waals surface area (Å²) in [5, 5.41) is 2.64. The summed E-state index contributed by atoms with van der Waals surface area (Å²) in [6.07, 6.45) is 1.54. The fourth-order valence-corrected chi connectivity index (χ4v) is 4.16. The lowest BCUT2D eigenvalue weighted by Crippen LogP contribution is -2.28. The summed E-state index contributed by atoms with van der Waals surface area (Å²) >= 11 is 0. The number of benzene rings is 2. The third kappa shape index (κ3) is 4.48. The molecule has 0 bridgehead atoms. The summed E-state index contributed by atoms with van der Waals surface area (Å²) in [7, 11) is -2.49. The second kappa shape index (κ2) is 7.84. The Balaban J connectivity index is 1.83. The van der Waals surface area contributed by atoms with Gasteiger partial charge in [-0.3, -0.25) is 4.79 Å². The zero-order valence-corrected chi connectivity index (χ0v) is 16.1. The van der Waals surface area contributed by atoms with Gasteiger partial charge in [0.15, 0.2) is 11.6 Å². The molecule has 0 radical (unpaired) electrons. The van der Waals surface area contributed by atoms with E-state index in [2.05, 4.69) is 10.0 Å². The molecule has 0 aromatic heterocycles. The van der Waals surface area contributed by atoms with Gasteiger partial charge in [0.05, 0.1) is 13.2 Å². The number of ether oxygens (including phenoxy) is 1. The van der Waals surface area contributed by atoms with Gasteiger partial charge >= 0.3 is 0 Å². The minimum absolute atomic E-state index is 0.0967. The molecule has 1 fully saturated rings. The Morgan fingerprint density at radius 3 is 2.46 bits per heavy atom. The highest BCUT2D eigenvalue weighted by molar-refractivity contribution is 7.89. The predicted molar refractivity (Wildman–Crippen MR) is 98.6 cm³/mol. The van der Waals surface area contributed by atoms with Crippen molar-refractivity contribution in [3.05, 3.63) is 59.2 Å². The molecule has 1 amide bonds. The maximum atomic E-state index is 13.4. The van der Waals surface area contributed by atoms with Crippen LogP contribution in [0.4, 0.5) is 8.78 Å². The van der Waals surface area contributed by atoms with Crippen LogP contribution in [0.5, 0.6) is 5.75 Å². The molecule has 0 unspecified atom stereocenters. The average Bonchev–Trinajstić information content (AvgIpc) is 3.46. The molecule has 2 N–H and O–H groups in total. The number of hydrogen-bond acceptors (Lipinski definition) is 4. The normalized spacial score (nSPS) is 15.1. The predicted octanol–water partition coefficient (Wildman–Crippen LogP) is 2.91. The van der Waals surface area contributed by atoms with E-state index in [1.165, 1.54) is 31.4 Å². The highest BCUT2D eigenvalue weighted by Crippen LogP contribution is 2.28. The largest absolute Gasteiger partial charge is 0.495 e. The van der Waals surface area contributed by atoms with Crippen LogP contribution in [0.25, 0.3) is 0 Å². The summed E-state index contributed by atoms with van der Waals surface area (Å²) in [6.45, 7) is 1.61. The van der Waals surface area contributed by atoms with Crippen molar-refractivity contribution in [2.75, 3.05) is 7.11 Å². The van der Waals surface area contributed by atoms with E-state index in [4.69, 9.17) is 4.74 Å². The molecule has 1 atom stereocenters. The first kappa shape index (κ1) is 20.2. The number of sulfonamides is 1. The van der Waals surface area contributed by atoms with Crippen LogP contribution in [0, 0.1) is 11.6 Å². The molecule has 0 aliphatic heterocycles. The maximum Gasteiger partial charge on any atom is 0.251 e. The third-order valence-electron chi connectivity index (χ3n) is 4.41. The number of nitrogens with one attached hydrogen (secondary N) is 2. The molecule has 3 rings (SSSR count). The molecule has 6 nitrogen and oxygen atoms in total. The van der Waals surface area contributed by atoms with Crippen molar-refractivity contribution >= 4 is 15.9 Å². The minimum Gasteiger partial charge on any atom is -0.495 e. The van der Waals surface area contributed by atoms with E-state index in [0.29, 0.717) is 5.56 Å². The second-order valence-corrected chi connectivity index (χ2v) is 8.31. The van der Waals surface area contributed by atoms with Crippen LogP contribution < -0.4 is 14.8 Å². The number of rotatable bonds is 7. The zero-order chi connectivity index (χ0) is 20.5. The third-order valence-corrected chi connectivity index (χ3v) is 5.95. The standard InChI is InChI=1S/C19H20F2N2O4S/c1-11(12-3-7-15(20)16(21)9-12)22-19(24)13-4-8-17(27-2)18(10-13)28(25,26)23-14-5-6-14/h3-4,7-11,14,23H,5-6H2,1-2H3,(H,22,24)/t11-/m0/s1. The van der Waals surface area contributed by atoms with Crippen LogP contribution in [-0.2, 0) is 10.0 Å². The summed E-state index contributed by atoms with van der Waals surface area (Å²) in [5.74, 6) is -2.42. The molecular weight excluding hydrogens is 390 g/mol. The van der Waals surface area contributed by atoms with Gasteiger partial charge in [-0.25, -0.2) is 21.9 Å². The molecule has 2 aromatic rings. The molecule has 1 aliphatic carbocycles. The van der Waals surface area contributed by atoms with Gasteiger partial charge < -0.3 is 10.1 Å². The van der Waals surface area contributed by atoms with Crippen molar-refractivity contribution in [2.45, 2.75) is 36.7 Å². The summed E-state index contributed by atoms with van der Waals surface area (Å²) in [6, 6.07) is 6.71. The van der Waals surface area contributed by atoms with Gasteiger partial charge in [0.25, 0.3) is 5.91 Å². The van der Waals surface area contributed by atoms with Crippen molar-refractivity contribution in [2.24, 2.45) is 0 Å². The number of amides is 1. The first-order valence-electron chi connectivity index (χ1n) is 8.67. The molecular formula is C19H20F2N2O4S. The van der Waals surface area contributed by atoms with E-state index in [9.17, 15) is 22.0 Å². The second-order valence-electron chi connectivity index (χ2n) is 6.63. The van der Waals surface area contributed by atoms with Crippen molar-refractivity contribution < 1.29 is 26.7 Å². The lowest BCUT2D eigenvalue weighted by Gasteiger charge is -2.16. The Morgan fingerprint density at radius 2 is 1.86 bits per heavy atom. The van der Waals surface area contributed by atoms with Crippen LogP contribution in [0.2, 0.25) is 0 Å². The Labute approximate surface area is 162 Å². The molecule has 0 heterocycles. The summed E-state index contributed by atoms with van der Waals surface area (Å²) < 4.78 is 59.2. The topological polar surface area (TPSA) is 84.5 Å². The Bertz CT molecular complexity index is 1010. The van der Waals surface area contributed by atoms with Crippen LogP contribution >= 0.6 is 0 Å². The zero-order valence-electron chi connectivity index (χ0n) is 15.3. The van der Waals surface area contributed by atoms with Gasteiger partial charge in [-0.2, -0.15) is 0 Å². The fourth-order valence-electron chi connectivity index (χ4n) is 2.66. The number of methoxy groups -OCH3 is 1. The highest BCUT2D eigenvalue weighted by Gasteiger charge is 2.30. The molecule has 0 saturated heterocycles. The first-order chi connectivity index (χ1) is 13.2. The molecule has 1 aliphatic rings. The highest BCUT2D eigenvalue weighted by atomic mass is 32.2. The summed E-state index contributed by atoms with van der Waals surface area (Å²) in [4.78, 5) is 12.4. The van der Waals surface area contributed by atoms with Crippen molar-refractivity contribution in [1.82, 2.24) is 10.0 Å². The lowest BCUT2D eigenvalue weighted by atomic mass is 10.1. The van der Waals surface area contributed by atoms with Gasteiger partial charge in [-0.1, -0.05) is 6.07 Å². The Hall–Kier alpha value is -2.52. The van der Waals surface area contributed by atoms with E-state index in [1.54, 1.807) is 6.92 Å². The number of carbonyl (C=O) groups is 1. The van der Waals surface area contributed by atoms with E-state index in [1.807, 2.05) is 0 Å². The monoisotopic (exact) mass is 410 g/mol. The Kier molecular flexibility index (Phi) is 5.66. The van der Waals surface area contributed by atoms with E-state index in [-0.39, 0.29) is 22.3 Å². The first-order valence-corrected chi connectivity index (χ1v) is 10.2. The average molecular weight is 410 g/mol.